The first-order valence-electron chi connectivity index (χ1n) is 3.98. The van der Waals surface area contributed by atoms with Gasteiger partial charge in [0.25, 0.3) is 0 Å². The maximum atomic E-state index is 5.35. The molecule has 1 aliphatic rings. The molecule has 0 atom stereocenters. The highest BCUT2D eigenvalue weighted by atomic mass is 16.5. The van der Waals surface area contributed by atoms with E-state index < -0.39 is 0 Å². The summed E-state index contributed by atoms with van der Waals surface area (Å²) in [7, 11) is 0. The summed E-state index contributed by atoms with van der Waals surface area (Å²) in [5, 5.41) is 0. The van der Waals surface area contributed by atoms with Crippen molar-refractivity contribution in [3.05, 3.63) is 0 Å². The molecule has 0 aromatic heterocycles. The van der Waals surface area contributed by atoms with Crippen LogP contribution in [-0.2, 0) is 9.47 Å². The molecule has 0 saturated carbocycles. The number of ether oxygens (including phenoxy) is 2. The summed E-state index contributed by atoms with van der Waals surface area (Å²) in [5.74, 6) is 0. The first kappa shape index (κ1) is 8.02. The van der Waals surface area contributed by atoms with Crippen LogP contribution in [-0.4, -0.2) is 26.4 Å². The Balaban J connectivity index is 2.20. The minimum absolute atomic E-state index is 0.371. The fourth-order valence-corrected chi connectivity index (χ4v) is 1.10. The lowest BCUT2D eigenvalue weighted by atomic mass is 9.84. The molecule has 1 saturated heterocycles. The van der Waals surface area contributed by atoms with Gasteiger partial charge in [-0.3, -0.25) is 0 Å². The predicted molar refractivity (Wildman–Crippen MR) is 40.0 cm³/mol. The highest BCUT2D eigenvalue weighted by Crippen LogP contribution is 2.31. The van der Waals surface area contributed by atoms with Crippen molar-refractivity contribution in [2.24, 2.45) is 5.41 Å². The van der Waals surface area contributed by atoms with Crippen LogP contribution in [0, 0.1) is 5.41 Å². The van der Waals surface area contributed by atoms with Gasteiger partial charge in [0.15, 0.2) is 0 Å². The topological polar surface area (TPSA) is 18.5 Å². The lowest BCUT2D eigenvalue weighted by Crippen LogP contribution is -2.45. The molecule has 0 N–H and O–H groups in total. The molecule has 0 unspecified atom stereocenters. The maximum Gasteiger partial charge on any atom is 0.0566 e. The number of hydrogen-bond donors (Lipinski definition) is 0. The van der Waals surface area contributed by atoms with Crippen LogP contribution in [0.1, 0.15) is 20.3 Å². The Bertz CT molecular complexity index is 91.9. The molecule has 0 bridgehead atoms. The first-order valence-corrected chi connectivity index (χ1v) is 3.98. The lowest BCUT2D eigenvalue weighted by Gasteiger charge is -2.40. The van der Waals surface area contributed by atoms with E-state index in [-0.39, 0.29) is 0 Å². The van der Waals surface area contributed by atoms with Gasteiger partial charge in [-0.1, -0.05) is 6.92 Å². The van der Waals surface area contributed by atoms with E-state index in [1.54, 1.807) is 0 Å². The molecule has 0 aromatic carbocycles. The second-order valence-electron chi connectivity index (χ2n) is 2.98. The van der Waals surface area contributed by atoms with E-state index in [1.807, 2.05) is 6.92 Å². The molecular weight excluding hydrogens is 128 g/mol. The summed E-state index contributed by atoms with van der Waals surface area (Å²) < 4.78 is 10.5. The van der Waals surface area contributed by atoms with Gasteiger partial charge in [-0.2, -0.15) is 0 Å². The Morgan fingerprint density at radius 3 is 2.40 bits per heavy atom. The van der Waals surface area contributed by atoms with Gasteiger partial charge in [0.1, 0.15) is 0 Å². The van der Waals surface area contributed by atoms with E-state index in [9.17, 15) is 0 Å². The normalized spacial score (nSPS) is 22.2. The third kappa shape index (κ3) is 1.50. The molecule has 10 heavy (non-hydrogen) atoms. The van der Waals surface area contributed by atoms with Crippen molar-refractivity contribution in [2.75, 3.05) is 26.4 Å². The molecule has 1 fully saturated rings. The largest absolute Gasteiger partial charge is 0.381 e. The van der Waals surface area contributed by atoms with E-state index in [1.165, 1.54) is 6.42 Å². The zero-order chi connectivity index (χ0) is 7.45. The van der Waals surface area contributed by atoms with Gasteiger partial charge < -0.3 is 9.47 Å². The van der Waals surface area contributed by atoms with E-state index in [4.69, 9.17) is 9.47 Å². The molecule has 1 rings (SSSR count). The molecule has 0 spiro atoms. The zero-order valence-corrected chi connectivity index (χ0v) is 6.85. The van der Waals surface area contributed by atoms with Crippen LogP contribution in [0.5, 0.6) is 0 Å². The van der Waals surface area contributed by atoms with E-state index in [0.717, 1.165) is 26.4 Å². The van der Waals surface area contributed by atoms with Crippen molar-refractivity contribution in [3.8, 4) is 0 Å². The molecule has 0 aromatic rings. The number of hydrogen-bond acceptors (Lipinski definition) is 2. The van der Waals surface area contributed by atoms with Crippen LogP contribution in [0.15, 0.2) is 0 Å². The molecule has 0 radical (unpaired) electrons. The monoisotopic (exact) mass is 144 g/mol. The van der Waals surface area contributed by atoms with Gasteiger partial charge in [-0.15, -0.1) is 0 Å². The molecule has 0 aliphatic carbocycles. The van der Waals surface area contributed by atoms with Gasteiger partial charge >= 0.3 is 0 Å². The Labute approximate surface area is 62.5 Å². The van der Waals surface area contributed by atoms with Crippen molar-refractivity contribution < 1.29 is 9.47 Å². The van der Waals surface area contributed by atoms with Gasteiger partial charge in [0, 0.05) is 12.0 Å². The Kier molecular flexibility index (Phi) is 2.69. The molecule has 1 aliphatic heterocycles. The molecular formula is C8H16O2. The summed E-state index contributed by atoms with van der Waals surface area (Å²) in [4.78, 5) is 0. The van der Waals surface area contributed by atoms with Crippen molar-refractivity contribution in [1.82, 2.24) is 0 Å². The first-order chi connectivity index (χ1) is 4.83. The standard InChI is InChI=1S/C8H16O2/c1-3-8(5-9-4-2)6-10-7-8/h3-7H2,1-2H3. The smallest absolute Gasteiger partial charge is 0.0566 e. The average molecular weight is 144 g/mol. The second-order valence-corrected chi connectivity index (χ2v) is 2.98. The lowest BCUT2D eigenvalue weighted by molar-refractivity contribution is -0.149. The molecule has 60 valence electrons. The van der Waals surface area contributed by atoms with Crippen LogP contribution in [0.25, 0.3) is 0 Å². The van der Waals surface area contributed by atoms with Crippen molar-refractivity contribution in [1.29, 1.82) is 0 Å². The summed E-state index contributed by atoms with van der Waals surface area (Å²) in [6.07, 6.45) is 1.17. The van der Waals surface area contributed by atoms with E-state index >= 15 is 0 Å². The minimum atomic E-state index is 0.371. The SMILES string of the molecule is CCOCC1(CC)COC1. The van der Waals surface area contributed by atoms with Crippen LogP contribution in [0.2, 0.25) is 0 Å². The quantitative estimate of drug-likeness (QED) is 0.594. The molecule has 1 heterocycles. The van der Waals surface area contributed by atoms with Gasteiger partial charge in [0.05, 0.1) is 19.8 Å². The Morgan fingerprint density at radius 2 is 2.10 bits per heavy atom. The second kappa shape index (κ2) is 3.35. The van der Waals surface area contributed by atoms with Gasteiger partial charge in [0.2, 0.25) is 0 Å². The van der Waals surface area contributed by atoms with Gasteiger partial charge in [-0.25, -0.2) is 0 Å². The van der Waals surface area contributed by atoms with E-state index in [0.29, 0.717) is 5.41 Å². The minimum Gasteiger partial charge on any atom is -0.381 e. The average Bonchev–Trinajstić information content (AvgIpc) is 1.87. The van der Waals surface area contributed by atoms with Crippen LogP contribution < -0.4 is 0 Å². The zero-order valence-electron chi connectivity index (χ0n) is 6.85. The predicted octanol–water partition coefficient (Wildman–Crippen LogP) is 1.45. The Morgan fingerprint density at radius 1 is 1.40 bits per heavy atom. The fourth-order valence-electron chi connectivity index (χ4n) is 1.10. The Hall–Kier alpha value is -0.0800. The maximum absolute atomic E-state index is 5.35. The fraction of sp³-hybridized carbons (Fsp3) is 1.00. The third-order valence-electron chi connectivity index (χ3n) is 2.18. The summed E-state index contributed by atoms with van der Waals surface area (Å²) in [6.45, 7) is 7.71. The van der Waals surface area contributed by atoms with Crippen LogP contribution in [0.4, 0.5) is 0 Å². The molecule has 2 nitrogen and oxygen atoms in total. The van der Waals surface area contributed by atoms with E-state index in [2.05, 4.69) is 6.92 Å². The summed E-state index contributed by atoms with van der Waals surface area (Å²) in [6, 6.07) is 0. The third-order valence-corrected chi connectivity index (χ3v) is 2.18. The molecule has 0 amide bonds. The van der Waals surface area contributed by atoms with Crippen molar-refractivity contribution in [3.63, 3.8) is 0 Å². The summed E-state index contributed by atoms with van der Waals surface area (Å²) in [5.41, 5.74) is 0.371. The summed E-state index contributed by atoms with van der Waals surface area (Å²) >= 11 is 0. The van der Waals surface area contributed by atoms with Crippen molar-refractivity contribution in [2.45, 2.75) is 20.3 Å². The molecule has 2 heteroatoms. The van der Waals surface area contributed by atoms with Crippen LogP contribution in [0.3, 0.4) is 0 Å². The van der Waals surface area contributed by atoms with Crippen LogP contribution >= 0.6 is 0 Å². The highest BCUT2D eigenvalue weighted by Gasteiger charge is 2.36. The number of rotatable bonds is 4. The van der Waals surface area contributed by atoms with Gasteiger partial charge in [-0.05, 0) is 13.3 Å². The van der Waals surface area contributed by atoms with Crippen molar-refractivity contribution >= 4 is 0 Å². The highest BCUT2D eigenvalue weighted by molar-refractivity contribution is 4.83.